The van der Waals surface area contributed by atoms with Crippen LogP contribution in [0.15, 0.2) is 36.4 Å². The smallest absolute Gasteiger partial charge is 0.255 e. The Kier molecular flexibility index (Phi) is 4.54. The molecule has 0 spiro atoms. The Morgan fingerprint density at radius 2 is 1.84 bits per heavy atom. The first-order valence-corrected chi connectivity index (χ1v) is 7.06. The number of amides is 1. The van der Waals surface area contributed by atoms with Crippen molar-refractivity contribution in [3.05, 3.63) is 55.6 Å². The Labute approximate surface area is 133 Å². The zero-order chi connectivity index (χ0) is 14.0. The zero-order valence-corrected chi connectivity index (χ0v) is 13.1. The summed E-state index contributed by atoms with van der Waals surface area (Å²) in [4.78, 5) is 12.0. The van der Waals surface area contributed by atoms with Gasteiger partial charge in [-0.2, -0.15) is 0 Å². The van der Waals surface area contributed by atoms with Crippen LogP contribution in [-0.2, 0) is 0 Å². The zero-order valence-electron chi connectivity index (χ0n) is 9.45. The molecule has 98 valence electrons. The summed E-state index contributed by atoms with van der Waals surface area (Å²) in [5.41, 5.74) is 0.956. The van der Waals surface area contributed by atoms with Gasteiger partial charge in [0.2, 0.25) is 0 Å². The third-order valence-corrected chi connectivity index (χ3v) is 4.26. The standard InChI is InChI=1S/C13H8Cl2INO2/c14-9-5-7(1-3-11(9)16)13(19)17-8-2-4-12(18)10(15)6-8/h1-6,18H,(H,17,19). The van der Waals surface area contributed by atoms with Crippen LogP contribution in [0.25, 0.3) is 0 Å². The number of hydrogen-bond donors (Lipinski definition) is 2. The highest BCUT2D eigenvalue weighted by atomic mass is 127. The molecule has 2 aromatic carbocycles. The number of rotatable bonds is 2. The Balaban J connectivity index is 2.20. The molecule has 0 fully saturated rings. The molecule has 0 atom stereocenters. The van der Waals surface area contributed by atoms with Crippen LogP contribution < -0.4 is 5.32 Å². The molecule has 0 bridgehead atoms. The van der Waals surface area contributed by atoms with Crippen molar-refractivity contribution in [2.24, 2.45) is 0 Å². The molecule has 0 aliphatic rings. The highest BCUT2D eigenvalue weighted by molar-refractivity contribution is 14.1. The van der Waals surface area contributed by atoms with Crippen LogP contribution in [0.5, 0.6) is 5.75 Å². The van der Waals surface area contributed by atoms with E-state index in [-0.39, 0.29) is 16.7 Å². The predicted octanol–water partition coefficient (Wildman–Crippen LogP) is 4.56. The minimum Gasteiger partial charge on any atom is -0.506 e. The largest absolute Gasteiger partial charge is 0.506 e. The second kappa shape index (κ2) is 5.98. The van der Waals surface area contributed by atoms with Crippen molar-refractivity contribution < 1.29 is 9.90 Å². The second-order valence-electron chi connectivity index (χ2n) is 3.75. The summed E-state index contributed by atoms with van der Waals surface area (Å²) in [6.07, 6.45) is 0. The number of nitrogens with one attached hydrogen (secondary N) is 1. The van der Waals surface area contributed by atoms with Gasteiger partial charge >= 0.3 is 0 Å². The number of benzene rings is 2. The first kappa shape index (κ1) is 14.4. The minimum atomic E-state index is -0.292. The number of hydrogen-bond acceptors (Lipinski definition) is 2. The maximum absolute atomic E-state index is 12.0. The molecule has 0 aliphatic heterocycles. The van der Waals surface area contributed by atoms with E-state index < -0.39 is 0 Å². The molecule has 0 unspecified atom stereocenters. The van der Waals surface area contributed by atoms with Crippen molar-refractivity contribution in [2.45, 2.75) is 0 Å². The monoisotopic (exact) mass is 407 g/mol. The number of halogens is 3. The number of carbonyl (C=O) groups is 1. The van der Waals surface area contributed by atoms with E-state index in [1.54, 1.807) is 24.3 Å². The van der Waals surface area contributed by atoms with E-state index >= 15 is 0 Å². The van der Waals surface area contributed by atoms with E-state index in [1.165, 1.54) is 12.1 Å². The molecule has 0 saturated carbocycles. The number of phenolic OH excluding ortho intramolecular Hbond substituents is 1. The molecule has 2 aromatic rings. The van der Waals surface area contributed by atoms with Crippen LogP contribution in [0.1, 0.15) is 10.4 Å². The van der Waals surface area contributed by atoms with Gasteiger partial charge in [0.15, 0.2) is 0 Å². The average molecular weight is 408 g/mol. The van der Waals surface area contributed by atoms with Crippen LogP contribution in [0.4, 0.5) is 5.69 Å². The number of anilines is 1. The molecule has 0 aromatic heterocycles. The molecule has 6 heteroatoms. The summed E-state index contributed by atoms with van der Waals surface area (Å²) in [5.74, 6) is -0.322. The molecule has 2 rings (SSSR count). The van der Waals surface area contributed by atoms with Gasteiger partial charge in [-0.1, -0.05) is 23.2 Å². The molecule has 1 amide bonds. The van der Waals surface area contributed by atoms with Crippen LogP contribution in [0.3, 0.4) is 0 Å². The van der Waals surface area contributed by atoms with Gasteiger partial charge in [-0.05, 0) is 59.0 Å². The lowest BCUT2D eigenvalue weighted by molar-refractivity contribution is 0.102. The van der Waals surface area contributed by atoms with Crippen LogP contribution >= 0.6 is 45.8 Å². The van der Waals surface area contributed by atoms with Crippen molar-refractivity contribution in [1.29, 1.82) is 0 Å². The number of aromatic hydroxyl groups is 1. The van der Waals surface area contributed by atoms with Crippen LogP contribution in [0, 0.1) is 3.57 Å². The summed E-state index contributed by atoms with van der Waals surface area (Å²) in [6.45, 7) is 0. The highest BCUT2D eigenvalue weighted by Gasteiger charge is 2.09. The van der Waals surface area contributed by atoms with Gasteiger partial charge in [0, 0.05) is 14.8 Å². The lowest BCUT2D eigenvalue weighted by Crippen LogP contribution is -2.11. The molecule has 0 radical (unpaired) electrons. The lowest BCUT2D eigenvalue weighted by Gasteiger charge is -2.07. The van der Waals surface area contributed by atoms with E-state index in [0.29, 0.717) is 16.3 Å². The molecule has 0 heterocycles. The maximum atomic E-state index is 12.0. The van der Waals surface area contributed by atoms with Gasteiger partial charge in [-0.25, -0.2) is 0 Å². The SMILES string of the molecule is O=C(Nc1ccc(O)c(Cl)c1)c1ccc(I)c(Cl)c1. The third kappa shape index (κ3) is 3.52. The molecular weight excluding hydrogens is 400 g/mol. The van der Waals surface area contributed by atoms with Crippen molar-refractivity contribution in [3.8, 4) is 5.75 Å². The fraction of sp³-hybridized carbons (Fsp3) is 0. The van der Waals surface area contributed by atoms with Crippen LogP contribution in [0.2, 0.25) is 10.0 Å². The Morgan fingerprint density at radius 3 is 2.47 bits per heavy atom. The van der Waals surface area contributed by atoms with Gasteiger partial charge in [-0.15, -0.1) is 0 Å². The average Bonchev–Trinajstić information content (AvgIpc) is 2.37. The lowest BCUT2D eigenvalue weighted by atomic mass is 10.2. The van der Waals surface area contributed by atoms with Crippen molar-refractivity contribution in [3.63, 3.8) is 0 Å². The first-order valence-electron chi connectivity index (χ1n) is 5.22. The minimum absolute atomic E-state index is 0.0306. The summed E-state index contributed by atoms with van der Waals surface area (Å²) in [7, 11) is 0. The molecule has 3 nitrogen and oxygen atoms in total. The summed E-state index contributed by atoms with van der Waals surface area (Å²) < 4.78 is 0.878. The first-order chi connectivity index (χ1) is 8.97. The topological polar surface area (TPSA) is 49.3 Å². The highest BCUT2D eigenvalue weighted by Crippen LogP contribution is 2.26. The predicted molar refractivity (Wildman–Crippen MR) is 85.2 cm³/mol. The van der Waals surface area contributed by atoms with Gasteiger partial charge in [0.1, 0.15) is 5.75 Å². The number of phenols is 1. The summed E-state index contributed by atoms with van der Waals surface area (Å²) in [6, 6.07) is 9.50. The second-order valence-corrected chi connectivity index (χ2v) is 5.73. The molecular formula is C13H8Cl2INO2. The van der Waals surface area contributed by atoms with E-state index in [0.717, 1.165) is 3.57 Å². The van der Waals surface area contributed by atoms with Crippen molar-refractivity contribution in [1.82, 2.24) is 0 Å². The molecule has 0 saturated heterocycles. The Bertz CT molecular complexity index is 647. The fourth-order valence-corrected chi connectivity index (χ4v) is 2.12. The summed E-state index contributed by atoms with van der Waals surface area (Å²) >= 11 is 13.8. The normalized spacial score (nSPS) is 10.3. The van der Waals surface area contributed by atoms with Gasteiger partial charge in [0.05, 0.1) is 10.0 Å². The van der Waals surface area contributed by atoms with Crippen LogP contribution in [-0.4, -0.2) is 11.0 Å². The Morgan fingerprint density at radius 1 is 1.11 bits per heavy atom. The van der Waals surface area contributed by atoms with E-state index in [1.807, 2.05) is 0 Å². The molecule has 2 N–H and O–H groups in total. The Hall–Kier alpha value is -0.980. The quantitative estimate of drug-likeness (QED) is 0.566. The van der Waals surface area contributed by atoms with E-state index in [2.05, 4.69) is 27.9 Å². The van der Waals surface area contributed by atoms with Gasteiger partial charge in [0.25, 0.3) is 5.91 Å². The summed E-state index contributed by atoms with van der Waals surface area (Å²) in [5, 5.41) is 12.7. The van der Waals surface area contributed by atoms with E-state index in [9.17, 15) is 9.90 Å². The van der Waals surface area contributed by atoms with Crippen molar-refractivity contribution in [2.75, 3.05) is 5.32 Å². The maximum Gasteiger partial charge on any atom is 0.255 e. The fourth-order valence-electron chi connectivity index (χ4n) is 1.43. The van der Waals surface area contributed by atoms with Gasteiger partial charge in [-0.3, -0.25) is 4.79 Å². The van der Waals surface area contributed by atoms with Crippen molar-refractivity contribution >= 4 is 57.4 Å². The number of carbonyl (C=O) groups excluding carboxylic acids is 1. The van der Waals surface area contributed by atoms with E-state index in [4.69, 9.17) is 23.2 Å². The molecule has 0 aliphatic carbocycles. The molecule has 19 heavy (non-hydrogen) atoms. The van der Waals surface area contributed by atoms with Gasteiger partial charge < -0.3 is 10.4 Å². The third-order valence-electron chi connectivity index (χ3n) is 2.39.